The van der Waals surface area contributed by atoms with E-state index in [9.17, 15) is 5.11 Å². The third-order valence-electron chi connectivity index (χ3n) is 3.75. The van der Waals surface area contributed by atoms with Crippen LogP contribution in [0.2, 0.25) is 0 Å². The Labute approximate surface area is 164 Å². The first-order valence-electron chi connectivity index (χ1n) is 8.50. The van der Waals surface area contributed by atoms with E-state index < -0.39 is 0 Å². The van der Waals surface area contributed by atoms with Gasteiger partial charge in [-0.1, -0.05) is 103 Å². The number of rotatable bonds is 15. The first-order chi connectivity index (χ1) is 8.91. The van der Waals surface area contributed by atoms with E-state index in [0.29, 0.717) is 0 Å². The normalized spacial score (nSPS) is 10.4. The van der Waals surface area contributed by atoms with Crippen LogP contribution in [0.4, 0.5) is 0 Å². The molecular weight excluding hydrogens is 259 g/mol. The molecule has 0 aromatic carbocycles. The average molecular weight is 295 g/mol. The minimum absolute atomic E-state index is 0. The van der Waals surface area contributed by atoms with Crippen molar-refractivity contribution in [1.29, 1.82) is 0 Å². The molecule has 110 valence electrons. The van der Waals surface area contributed by atoms with Crippen molar-refractivity contribution in [2.24, 2.45) is 0 Å². The largest absolute Gasteiger partial charge is 1.00 e. The summed E-state index contributed by atoms with van der Waals surface area (Å²) in [5.74, 6) is 0. The summed E-state index contributed by atoms with van der Waals surface area (Å²) >= 11 is 0. The van der Waals surface area contributed by atoms with E-state index in [-0.39, 0.29) is 58.0 Å². The molecule has 19 heavy (non-hydrogen) atoms. The van der Waals surface area contributed by atoms with Crippen LogP contribution < -0.4 is 56.5 Å². The van der Waals surface area contributed by atoms with E-state index in [4.69, 9.17) is 0 Å². The quantitative estimate of drug-likeness (QED) is 0.335. The second-order valence-electron chi connectivity index (χ2n) is 5.65. The first-order valence-corrected chi connectivity index (χ1v) is 8.50. The molecule has 0 saturated heterocycles. The molecule has 0 aromatic rings. The molecule has 0 saturated carbocycles. The number of hydrogen-bond acceptors (Lipinski definition) is 1. The second kappa shape index (κ2) is 21.9. The topological polar surface area (TPSA) is 23.1 Å². The van der Waals surface area contributed by atoms with Crippen LogP contribution >= 0.6 is 0 Å². The standard InChI is InChI=1S/C17H35O.K/c1-2-3-4-5-6-7-8-9-10-11-12-13-14-15-16-17-18;/h2-17H2,1H3;/q-1;+1. The Morgan fingerprint density at radius 3 is 1.00 bits per heavy atom. The Morgan fingerprint density at radius 2 is 0.737 bits per heavy atom. The third-order valence-corrected chi connectivity index (χ3v) is 3.75. The smallest absolute Gasteiger partial charge is 0.854 e. The van der Waals surface area contributed by atoms with Crippen LogP contribution in [0.15, 0.2) is 0 Å². The van der Waals surface area contributed by atoms with Crippen LogP contribution in [0, 0.1) is 0 Å². The molecule has 0 aliphatic heterocycles. The summed E-state index contributed by atoms with van der Waals surface area (Å²) in [5.41, 5.74) is 0. The summed E-state index contributed by atoms with van der Waals surface area (Å²) in [6.45, 7) is 2.40. The van der Waals surface area contributed by atoms with Gasteiger partial charge in [0.1, 0.15) is 0 Å². The van der Waals surface area contributed by atoms with Crippen molar-refractivity contribution in [3.05, 3.63) is 0 Å². The Kier molecular flexibility index (Phi) is 26.3. The summed E-state index contributed by atoms with van der Waals surface area (Å²) < 4.78 is 0. The van der Waals surface area contributed by atoms with Gasteiger partial charge >= 0.3 is 51.4 Å². The summed E-state index contributed by atoms with van der Waals surface area (Å²) in [7, 11) is 0. The van der Waals surface area contributed by atoms with Crippen LogP contribution in [0.3, 0.4) is 0 Å². The minimum atomic E-state index is 0. The van der Waals surface area contributed by atoms with Gasteiger partial charge in [0.15, 0.2) is 0 Å². The van der Waals surface area contributed by atoms with Crippen molar-refractivity contribution in [3.8, 4) is 0 Å². The van der Waals surface area contributed by atoms with E-state index in [0.717, 1.165) is 12.8 Å². The van der Waals surface area contributed by atoms with E-state index in [1.807, 2.05) is 0 Å². The first kappa shape index (κ1) is 22.9. The van der Waals surface area contributed by atoms with Gasteiger partial charge in [0.2, 0.25) is 0 Å². The van der Waals surface area contributed by atoms with Crippen molar-refractivity contribution in [3.63, 3.8) is 0 Å². The molecule has 2 heteroatoms. The van der Waals surface area contributed by atoms with Gasteiger partial charge in [-0.3, -0.25) is 0 Å². The fourth-order valence-corrected chi connectivity index (χ4v) is 2.47. The van der Waals surface area contributed by atoms with Crippen LogP contribution in [-0.2, 0) is 0 Å². The van der Waals surface area contributed by atoms with Gasteiger partial charge in [0.05, 0.1) is 0 Å². The fraction of sp³-hybridized carbons (Fsp3) is 1.00. The Hall–Kier alpha value is 1.60. The van der Waals surface area contributed by atoms with Gasteiger partial charge in [-0.05, 0) is 0 Å². The Morgan fingerprint density at radius 1 is 0.474 bits per heavy atom. The van der Waals surface area contributed by atoms with E-state index >= 15 is 0 Å². The van der Waals surface area contributed by atoms with Gasteiger partial charge in [0.25, 0.3) is 0 Å². The molecule has 0 unspecified atom stereocenters. The van der Waals surface area contributed by atoms with Crippen LogP contribution in [-0.4, -0.2) is 6.61 Å². The molecular formula is C17H35KO. The summed E-state index contributed by atoms with van der Waals surface area (Å²) in [5, 5.41) is 10.2. The summed E-state index contributed by atoms with van der Waals surface area (Å²) in [6, 6.07) is 0. The molecule has 0 amide bonds. The molecule has 0 aliphatic rings. The predicted octanol–water partition coefficient (Wildman–Crippen LogP) is 2.22. The maximum absolute atomic E-state index is 10.2. The fourth-order valence-electron chi connectivity index (χ4n) is 2.47. The molecule has 0 rings (SSSR count). The molecule has 0 aromatic heterocycles. The van der Waals surface area contributed by atoms with Crippen LogP contribution in [0.5, 0.6) is 0 Å². The maximum Gasteiger partial charge on any atom is 1.00 e. The van der Waals surface area contributed by atoms with Gasteiger partial charge < -0.3 is 5.11 Å². The van der Waals surface area contributed by atoms with Crippen molar-refractivity contribution >= 4 is 0 Å². The van der Waals surface area contributed by atoms with Gasteiger partial charge in [-0.25, -0.2) is 0 Å². The van der Waals surface area contributed by atoms with Gasteiger partial charge in [-0.15, -0.1) is 6.61 Å². The van der Waals surface area contributed by atoms with E-state index in [1.54, 1.807) is 0 Å². The molecule has 0 atom stereocenters. The zero-order valence-corrected chi connectivity index (χ0v) is 16.8. The third kappa shape index (κ3) is 22.0. The maximum atomic E-state index is 10.2. The van der Waals surface area contributed by atoms with E-state index in [1.165, 1.54) is 83.5 Å². The van der Waals surface area contributed by atoms with Crippen LogP contribution in [0.1, 0.15) is 103 Å². The average Bonchev–Trinajstić information content (AvgIpc) is 2.39. The molecule has 0 N–H and O–H groups in total. The monoisotopic (exact) mass is 294 g/mol. The Balaban J connectivity index is 0. The zero-order valence-electron chi connectivity index (χ0n) is 13.7. The predicted molar refractivity (Wildman–Crippen MR) is 79.8 cm³/mol. The molecule has 0 aliphatic carbocycles. The van der Waals surface area contributed by atoms with Crippen molar-refractivity contribution in [1.82, 2.24) is 0 Å². The van der Waals surface area contributed by atoms with E-state index in [2.05, 4.69) is 6.92 Å². The molecule has 0 bridgehead atoms. The zero-order chi connectivity index (χ0) is 13.3. The molecule has 0 heterocycles. The second-order valence-corrected chi connectivity index (χ2v) is 5.65. The number of hydrogen-bond donors (Lipinski definition) is 0. The van der Waals surface area contributed by atoms with Gasteiger partial charge in [0, 0.05) is 0 Å². The van der Waals surface area contributed by atoms with Gasteiger partial charge in [-0.2, -0.15) is 0 Å². The molecule has 0 spiro atoms. The molecule has 0 fully saturated rings. The number of unbranched alkanes of at least 4 members (excludes halogenated alkanes) is 14. The summed E-state index contributed by atoms with van der Waals surface area (Å²) in [6.07, 6.45) is 20.3. The van der Waals surface area contributed by atoms with Crippen molar-refractivity contribution < 1.29 is 56.5 Å². The molecule has 1 nitrogen and oxygen atoms in total. The minimum Gasteiger partial charge on any atom is -0.854 e. The SMILES string of the molecule is CCCCCCCCCCCCCCCCC[O-].[K+]. The van der Waals surface area contributed by atoms with Crippen LogP contribution in [0.25, 0.3) is 0 Å². The molecule has 0 radical (unpaired) electrons. The van der Waals surface area contributed by atoms with Crippen molar-refractivity contribution in [2.75, 3.05) is 6.61 Å². The summed E-state index contributed by atoms with van der Waals surface area (Å²) in [4.78, 5) is 0. The van der Waals surface area contributed by atoms with Crippen molar-refractivity contribution in [2.45, 2.75) is 103 Å². The Bertz CT molecular complexity index is 123.